The van der Waals surface area contributed by atoms with Crippen LogP contribution in [0.1, 0.15) is 0 Å². The number of ether oxygens (including phenoxy) is 1. The molecule has 0 radical (unpaired) electrons. The maximum atomic E-state index is 12.3. The van der Waals surface area contributed by atoms with Gasteiger partial charge >= 0.3 is 0 Å². The first-order valence-electron chi connectivity index (χ1n) is 5.55. The molecule has 5 nitrogen and oxygen atoms in total. The molecule has 1 aromatic rings. The fraction of sp³-hybridized carbons (Fsp3) is 0.333. The molecule has 0 aromatic heterocycles. The Bertz CT molecular complexity index is 562. The summed E-state index contributed by atoms with van der Waals surface area (Å²) in [5, 5.41) is 0. The zero-order valence-corrected chi connectivity index (χ0v) is 12.9. The van der Waals surface area contributed by atoms with Crippen LogP contribution in [0.15, 0.2) is 41.1 Å². The van der Waals surface area contributed by atoms with Crippen molar-refractivity contribution < 1.29 is 17.5 Å². The molecule has 114 valence electrons. The molecular formula is C12H18ClFN2O3S. The van der Waals surface area contributed by atoms with Crippen molar-refractivity contribution in [1.82, 2.24) is 4.31 Å². The van der Waals surface area contributed by atoms with Crippen LogP contribution in [0.3, 0.4) is 0 Å². The lowest BCUT2D eigenvalue weighted by atomic mass is 10.3. The number of benzene rings is 1. The molecule has 0 atom stereocenters. The van der Waals surface area contributed by atoms with Crippen molar-refractivity contribution in [3.8, 4) is 5.75 Å². The van der Waals surface area contributed by atoms with Crippen molar-refractivity contribution in [2.75, 3.05) is 27.2 Å². The molecule has 0 heterocycles. The van der Waals surface area contributed by atoms with Crippen molar-refractivity contribution in [3.63, 3.8) is 0 Å². The molecule has 0 aliphatic rings. The van der Waals surface area contributed by atoms with Crippen LogP contribution in [0.25, 0.3) is 0 Å². The average Bonchev–Trinajstić information content (AvgIpc) is 2.40. The number of hydrogen-bond acceptors (Lipinski definition) is 4. The predicted octanol–water partition coefficient (Wildman–Crippen LogP) is 1.55. The highest BCUT2D eigenvalue weighted by Crippen LogP contribution is 2.20. The number of hydrogen-bond donors (Lipinski definition) is 1. The van der Waals surface area contributed by atoms with Crippen LogP contribution in [0.4, 0.5) is 4.39 Å². The minimum absolute atomic E-state index is 0. The Labute approximate surface area is 124 Å². The molecule has 0 fully saturated rings. The van der Waals surface area contributed by atoms with Crippen LogP contribution in [-0.2, 0) is 10.0 Å². The van der Waals surface area contributed by atoms with E-state index >= 15 is 0 Å². The molecular weight excluding hydrogens is 307 g/mol. The Balaban J connectivity index is 0.00000361. The minimum Gasteiger partial charge on any atom is -0.489 e. The van der Waals surface area contributed by atoms with Gasteiger partial charge < -0.3 is 10.5 Å². The molecule has 0 amide bonds. The van der Waals surface area contributed by atoms with Crippen LogP contribution >= 0.6 is 12.4 Å². The molecule has 1 rings (SSSR count). The van der Waals surface area contributed by atoms with Crippen molar-refractivity contribution >= 4 is 22.4 Å². The normalized spacial score (nSPS) is 12.2. The van der Waals surface area contributed by atoms with E-state index < -0.39 is 10.0 Å². The number of halogens is 2. The van der Waals surface area contributed by atoms with Crippen LogP contribution in [0.2, 0.25) is 0 Å². The second-order valence-electron chi connectivity index (χ2n) is 4.02. The lowest BCUT2D eigenvalue weighted by Crippen LogP contribution is -2.22. The van der Waals surface area contributed by atoms with E-state index in [9.17, 15) is 12.8 Å². The lowest BCUT2D eigenvalue weighted by molar-refractivity contribution is 0.346. The number of sulfonamides is 1. The molecule has 0 spiro atoms. The second kappa shape index (κ2) is 8.21. The van der Waals surface area contributed by atoms with Gasteiger partial charge in [-0.2, -0.15) is 0 Å². The summed E-state index contributed by atoms with van der Waals surface area (Å²) >= 11 is 0. The first kappa shape index (κ1) is 18.9. The smallest absolute Gasteiger partial charge is 0.242 e. The number of nitrogens with two attached hydrogens (primary N) is 1. The molecule has 0 aliphatic carbocycles. The molecule has 20 heavy (non-hydrogen) atoms. The van der Waals surface area contributed by atoms with Gasteiger partial charge in [-0.25, -0.2) is 17.1 Å². The van der Waals surface area contributed by atoms with E-state index in [0.717, 1.165) is 4.31 Å². The average molecular weight is 325 g/mol. The highest BCUT2D eigenvalue weighted by atomic mass is 35.5. The van der Waals surface area contributed by atoms with Crippen molar-refractivity contribution in [2.24, 2.45) is 5.73 Å². The van der Waals surface area contributed by atoms with Gasteiger partial charge in [0, 0.05) is 32.3 Å². The van der Waals surface area contributed by atoms with Gasteiger partial charge in [-0.1, -0.05) is 6.07 Å². The summed E-state index contributed by atoms with van der Waals surface area (Å²) in [6, 6.07) is 6.02. The van der Waals surface area contributed by atoms with Gasteiger partial charge in [-0.3, -0.25) is 0 Å². The third-order valence-electron chi connectivity index (χ3n) is 2.42. The fourth-order valence-electron chi connectivity index (χ4n) is 1.25. The van der Waals surface area contributed by atoms with Crippen molar-refractivity contribution in [2.45, 2.75) is 4.90 Å². The first-order valence-corrected chi connectivity index (χ1v) is 6.99. The summed E-state index contributed by atoms with van der Waals surface area (Å²) in [5.41, 5.74) is 5.59. The van der Waals surface area contributed by atoms with E-state index in [1.807, 2.05) is 0 Å². The topological polar surface area (TPSA) is 72.6 Å². The molecule has 0 aliphatic heterocycles. The largest absolute Gasteiger partial charge is 0.489 e. The summed E-state index contributed by atoms with van der Waals surface area (Å²) in [6.45, 7) is 0.0324. The van der Waals surface area contributed by atoms with E-state index in [-0.39, 0.29) is 30.5 Å². The van der Waals surface area contributed by atoms with E-state index in [2.05, 4.69) is 0 Å². The summed E-state index contributed by atoms with van der Waals surface area (Å²) < 4.78 is 42.5. The zero-order chi connectivity index (χ0) is 14.5. The third-order valence-corrected chi connectivity index (χ3v) is 4.24. The second-order valence-corrected chi connectivity index (χ2v) is 6.17. The maximum Gasteiger partial charge on any atom is 0.242 e. The van der Waals surface area contributed by atoms with Crippen molar-refractivity contribution in [3.05, 3.63) is 36.2 Å². The van der Waals surface area contributed by atoms with Crippen LogP contribution in [0.5, 0.6) is 5.75 Å². The Kier molecular flexibility index (Phi) is 7.74. The fourth-order valence-corrected chi connectivity index (χ4v) is 2.18. The molecule has 2 N–H and O–H groups in total. The number of nitrogens with zero attached hydrogens (tertiary/aromatic N) is 1. The molecule has 0 unspecified atom stereocenters. The quantitative estimate of drug-likeness (QED) is 0.861. The Morgan fingerprint density at radius 1 is 1.45 bits per heavy atom. The molecule has 1 aromatic carbocycles. The SMILES string of the molecule is CN(C)S(=O)(=O)c1cccc(OC/C(=C\F)CN)c1.Cl. The first-order chi connectivity index (χ1) is 8.91. The van der Waals surface area contributed by atoms with E-state index in [1.165, 1.54) is 26.2 Å². The Hall–Kier alpha value is -1.15. The molecule has 8 heteroatoms. The highest BCUT2D eigenvalue weighted by molar-refractivity contribution is 7.89. The van der Waals surface area contributed by atoms with E-state index in [0.29, 0.717) is 17.7 Å². The third kappa shape index (κ3) is 4.75. The van der Waals surface area contributed by atoms with Gasteiger partial charge in [-0.15, -0.1) is 12.4 Å². The van der Waals surface area contributed by atoms with Crippen LogP contribution < -0.4 is 10.5 Å². The van der Waals surface area contributed by atoms with Crippen LogP contribution in [-0.4, -0.2) is 40.0 Å². The van der Waals surface area contributed by atoms with Gasteiger partial charge in [0.15, 0.2) is 0 Å². The summed E-state index contributed by atoms with van der Waals surface area (Å²) in [5.74, 6) is 0.343. The van der Waals surface area contributed by atoms with Gasteiger partial charge in [0.1, 0.15) is 12.4 Å². The minimum atomic E-state index is -3.51. The predicted molar refractivity (Wildman–Crippen MR) is 78.3 cm³/mol. The zero-order valence-electron chi connectivity index (χ0n) is 11.2. The molecule has 0 bridgehead atoms. The summed E-state index contributed by atoms with van der Waals surface area (Å²) in [6.07, 6.45) is 0.389. The standard InChI is InChI=1S/C12H17FN2O3S.ClH/c1-15(2)19(16,17)12-5-3-4-11(6-12)18-9-10(7-13)8-14;/h3-7H,8-9,14H2,1-2H3;1H/b10-7-;. The Morgan fingerprint density at radius 2 is 2.10 bits per heavy atom. The van der Waals surface area contributed by atoms with Gasteiger partial charge in [0.05, 0.1) is 11.2 Å². The van der Waals surface area contributed by atoms with Gasteiger partial charge in [-0.05, 0) is 12.1 Å². The van der Waals surface area contributed by atoms with Gasteiger partial charge in [0.25, 0.3) is 0 Å². The van der Waals surface area contributed by atoms with E-state index in [4.69, 9.17) is 10.5 Å². The molecule has 0 saturated heterocycles. The summed E-state index contributed by atoms with van der Waals surface area (Å²) in [4.78, 5) is 0.119. The summed E-state index contributed by atoms with van der Waals surface area (Å²) in [7, 11) is -0.618. The van der Waals surface area contributed by atoms with E-state index in [1.54, 1.807) is 12.1 Å². The maximum absolute atomic E-state index is 12.3. The number of rotatable bonds is 6. The monoisotopic (exact) mass is 324 g/mol. The lowest BCUT2D eigenvalue weighted by Gasteiger charge is -2.13. The molecule has 0 saturated carbocycles. The highest BCUT2D eigenvalue weighted by Gasteiger charge is 2.17. The van der Waals surface area contributed by atoms with Crippen molar-refractivity contribution in [1.29, 1.82) is 0 Å². The van der Waals surface area contributed by atoms with Gasteiger partial charge in [0.2, 0.25) is 10.0 Å². The van der Waals surface area contributed by atoms with Crippen LogP contribution in [0, 0.1) is 0 Å². The Morgan fingerprint density at radius 3 is 2.60 bits per heavy atom.